The van der Waals surface area contributed by atoms with Crippen LogP contribution in [0.2, 0.25) is 0 Å². The van der Waals surface area contributed by atoms with E-state index >= 15 is 0 Å². The highest BCUT2D eigenvalue weighted by molar-refractivity contribution is 6.01. The van der Waals surface area contributed by atoms with Crippen LogP contribution in [0.3, 0.4) is 0 Å². The van der Waals surface area contributed by atoms with Gasteiger partial charge in [-0.15, -0.1) is 0 Å². The molecular formula is C13H22N4O2. The van der Waals surface area contributed by atoms with Crippen LogP contribution < -0.4 is 10.6 Å². The Morgan fingerprint density at radius 2 is 2.16 bits per heavy atom. The van der Waals surface area contributed by atoms with E-state index in [4.69, 9.17) is 10.9 Å². The van der Waals surface area contributed by atoms with Crippen molar-refractivity contribution in [3.63, 3.8) is 0 Å². The molecule has 106 valence electrons. The molecule has 4 N–H and O–H groups in total. The van der Waals surface area contributed by atoms with Gasteiger partial charge in [0.2, 0.25) is 0 Å². The predicted molar refractivity (Wildman–Crippen MR) is 75.5 cm³/mol. The van der Waals surface area contributed by atoms with Crippen LogP contribution in [-0.2, 0) is 0 Å². The number of nitrogens with two attached hydrogens (primary N) is 1. The van der Waals surface area contributed by atoms with Crippen molar-refractivity contribution in [3.8, 4) is 0 Å². The number of hydrogen-bond donors (Lipinski definition) is 3. The van der Waals surface area contributed by atoms with Crippen molar-refractivity contribution >= 4 is 11.7 Å². The van der Waals surface area contributed by atoms with Crippen molar-refractivity contribution in [2.75, 3.05) is 18.1 Å². The summed E-state index contributed by atoms with van der Waals surface area (Å²) >= 11 is 0. The SMILES string of the molecule is CCC(CC)N(CCO)c1ncccc1C(N)=NO. The van der Waals surface area contributed by atoms with Crippen molar-refractivity contribution in [1.82, 2.24) is 4.98 Å². The second kappa shape index (κ2) is 7.58. The molecule has 0 aliphatic rings. The van der Waals surface area contributed by atoms with Crippen LogP contribution in [-0.4, -0.2) is 40.3 Å². The standard InChI is InChI=1S/C13H22N4O2/c1-3-10(4-2)17(8-9-18)13-11(12(14)16-19)6-5-7-15-13/h5-7,10,18-19H,3-4,8-9H2,1-2H3,(H2,14,16). The Labute approximate surface area is 113 Å². The van der Waals surface area contributed by atoms with Crippen LogP contribution in [0.4, 0.5) is 5.82 Å². The van der Waals surface area contributed by atoms with Crippen molar-refractivity contribution in [2.24, 2.45) is 10.9 Å². The fraction of sp³-hybridized carbons (Fsp3) is 0.538. The minimum absolute atomic E-state index is 0.0250. The van der Waals surface area contributed by atoms with E-state index < -0.39 is 0 Å². The smallest absolute Gasteiger partial charge is 0.173 e. The zero-order chi connectivity index (χ0) is 14.3. The summed E-state index contributed by atoms with van der Waals surface area (Å²) in [6.45, 7) is 4.67. The molecule has 0 aliphatic heterocycles. The van der Waals surface area contributed by atoms with Gasteiger partial charge in [-0.1, -0.05) is 19.0 Å². The van der Waals surface area contributed by atoms with Crippen LogP contribution in [0.1, 0.15) is 32.3 Å². The first kappa shape index (κ1) is 15.2. The minimum atomic E-state index is 0.0250. The van der Waals surface area contributed by atoms with Gasteiger partial charge in [-0.2, -0.15) is 0 Å². The normalized spacial score (nSPS) is 11.9. The topological polar surface area (TPSA) is 95.0 Å². The van der Waals surface area contributed by atoms with E-state index in [0.29, 0.717) is 17.9 Å². The Morgan fingerprint density at radius 3 is 2.68 bits per heavy atom. The van der Waals surface area contributed by atoms with E-state index in [1.165, 1.54) is 0 Å². The third kappa shape index (κ3) is 3.57. The molecule has 0 saturated heterocycles. The number of aliphatic hydroxyl groups is 1. The average Bonchev–Trinajstić information content (AvgIpc) is 2.46. The summed E-state index contributed by atoms with van der Waals surface area (Å²) in [5.74, 6) is 0.664. The van der Waals surface area contributed by atoms with Gasteiger partial charge < -0.3 is 20.9 Å². The number of nitrogens with zero attached hydrogens (tertiary/aromatic N) is 3. The zero-order valence-corrected chi connectivity index (χ0v) is 11.5. The van der Waals surface area contributed by atoms with Crippen LogP contribution in [0.5, 0.6) is 0 Å². The summed E-state index contributed by atoms with van der Waals surface area (Å²) in [6, 6.07) is 3.75. The summed E-state index contributed by atoms with van der Waals surface area (Å²) in [5, 5.41) is 21.1. The highest BCUT2D eigenvalue weighted by atomic mass is 16.4. The summed E-state index contributed by atoms with van der Waals surface area (Å²) in [7, 11) is 0. The third-order valence-electron chi connectivity index (χ3n) is 3.17. The largest absolute Gasteiger partial charge is 0.409 e. The van der Waals surface area contributed by atoms with E-state index in [1.54, 1.807) is 18.3 Å². The Hall–Kier alpha value is -1.82. The molecule has 19 heavy (non-hydrogen) atoms. The van der Waals surface area contributed by atoms with Gasteiger partial charge in [-0.25, -0.2) is 4.98 Å². The van der Waals surface area contributed by atoms with E-state index in [-0.39, 0.29) is 18.5 Å². The monoisotopic (exact) mass is 266 g/mol. The van der Waals surface area contributed by atoms with Gasteiger partial charge in [0.25, 0.3) is 0 Å². The summed E-state index contributed by atoms with van der Waals surface area (Å²) in [5.41, 5.74) is 6.26. The molecule has 0 radical (unpaired) electrons. The molecule has 1 aromatic rings. The summed E-state index contributed by atoms with van der Waals surface area (Å²) < 4.78 is 0. The lowest BCUT2D eigenvalue weighted by Gasteiger charge is -2.32. The first-order chi connectivity index (χ1) is 9.19. The summed E-state index contributed by atoms with van der Waals surface area (Å²) in [6.07, 6.45) is 3.53. The number of oxime groups is 1. The van der Waals surface area contributed by atoms with Crippen LogP contribution in [0, 0.1) is 0 Å². The molecule has 0 atom stereocenters. The van der Waals surface area contributed by atoms with Gasteiger partial charge in [0, 0.05) is 18.8 Å². The molecule has 1 heterocycles. The molecule has 0 unspecified atom stereocenters. The molecule has 0 bridgehead atoms. The first-order valence-corrected chi connectivity index (χ1v) is 6.49. The molecule has 0 amide bonds. The lowest BCUT2D eigenvalue weighted by molar-refractivity contribution is 0.295. The molecule has 0 aliphatic carbocycles. The maximum Gasteiger partial charge on any atom is 0.173 e. The van der Waals surface area contributed by atoms with Crippen LogP contribution in [0.15, 0.2) is 23.5 Å². The molecule has 1 aromatic heterocycles. The number of anilines is 1. The molecule has 6 nitrogen and oxygen atoms in total. The van der Waals surface area contributed by atoms with E-state index in [1.807, 2.05) is 4.90 Å². The lowest BCUT2D eigenvalue weighted by atomic mass is 10.1. The van der Waals surface area contributed by atoms with E-state index in [9.17, 15) is 5.11 Å². The maximum atomic E-state index is 9.24. The van der Waals surface area contributed by atoms with Gasteiger partial charge in [0.05, 0.1) is 12.2 Å². The van der Waals surface area contributed by atoms with Gasteiger partial charge in [-0.3, -0.25) is 0 Å². The van der Waals surface area contributed by atoms with Crippen LogP contribution >= 0.6 is 0 Å². The Morgan fingerprint density at radius 1 is 1.47 bits per heavy atom. The van der Waals surface area contributed by atoms with Gasteiger partial charge in [0.1, 0.15) is 5.82 Å². The number of aromatic nitrogens is 1. The van der Waals surface area contributed by atoms with Crippen molar-refractivity contribution in [3.05, 3.63) is 23.9 Å². The highest BCUT2D eigenvalue weighted by Crippen LogP contribution is 2.22. The average molecular weight is 266 g/mol. The number of amidine groups is 1. The molecule has 1 rings (SSSR count). The van der Waals surface area contributed by atoms with Gasteiger partial charge >= 0.3 is 0 Å². The fourth-order valence-corrected chi connectivity index (χ4v) is 2.18. The maximum absolute atomic E-state index is 9.24. The van der Waals surface area contributed by atoms with Gasteiger partial charge in [-0.05, 0) is 25.0 Å². The number of hydrogen-bond acceptors (Lipinski definition) is 5. The quantitative estimate of drug-likeness (QED) is 0.298. The summed E-state index contributed by atoms with van der Waals surface area (Å²) in [4.78, 5) is 6.33. The Kier molecular flexibility index (Phi) is 6.08. The number of pyridine rings is 1. The second-order valence-corrected chi connectivity index (χ2v) is 4.25. The molecule has 6 heteroatoms. The first-order valence-electron chi connectivity index (χ1n) is 6.49. The van der Waals surface area contributed by atoms with Crippen molar-refractivity contribution in [2.45, 2.75) is 32.7 Å². The van der Waals surface area contributed by atoms with E-state index in [0.717, 1.165) is 12.8 Å². The number of rotatable bonds is 7. The van der Waals surface area contributed by atoms with Crippen molar-refractivity contribution in [1.29, 1.82) is 0 Å². The minimum Gasteiger partial charge on any atom is -0.409 e. The predicted octanol–water partition coefficient (Wildman–Crippen LogP) is 1.16. The zero-order valence-electron chi connectivity index (χ0n) is 11.5. The molecule has 0 aromatic carbocycles. The second-order valence-electron chi connectivity index (χ2n) is 4.25. The highest BCUT2D eigenvalue weighted by Gasteiger charge is 2.20. The lowest BCUT2D eigenvalue weighted by Crippen LogP contribution is -2.39. The fourth-order valence-electron chi connectivity index (χ4n) is 2.18. The molecule has 0 saturated carbocycles. The van der Waals surface area contributed by atoms with Crippen molar-refractivity contribution < 1.29 is 10.3 Å². The Bertz CT molecular complexity index is 419. The van der Waals surface area contributed by atoms with E-state index in [2.05, 4.69) is 24.0 Å². The van der Waals surface area contributed by atoms with Gasteiger partial charge in [0.15, 0.2) is 5.84 Å². The molecule has 0 spiro atoms. The Balaban J connectivity index is 3.22. The van der Waals surface area contributed by atoms with Crippen LogP contribution in [0.25, 0.3) is 0 Å². The molecule has 0 fully saturated rings. The third-order valence-corrected chi connectivity index (χ3v) is 3.17. The number of aliphatic hydroxyl groups excluding tert-OH is 1. The molecular weight excluding hydrogens is 244 g/mol.